The van der Waals surface area contributed by atoms with Crippen molar-refractivity contribution in [3.8, 4) is 0 Å². The second-order valence-corrected chi connectivity index (χ2v) is 5.55. The minimum atomic E-state index is 0.731. The molecule has 0 saturated carbocycles. The molecule has 0 atom stereocenters. The van der Waals surface area contributed by atoms with Gasteiger partial charge in [0.2, 0.25) is 0 Å². The van der Waals surface area contributed by atoms with Crippen LogP contribution >= 0.6 is 11.8 Å². The Morgan fingerprint density at radius 2 is 2.10 bits per heavy atom. The third kappa shape index (κ3) is 2.46. The van der Waals surface area contributed by atoms with E-state index >= 15 is 0 Å². The molecule has 0 spiro atoms. The Labute approximate surface area is 121 Å². The van der Waals surface area contributed by atoms with Crippen LogP contribution in [0.25, 0.3) is 11.0 Å². The fourth-order valence-electron chi connectivity index (χ4n) is 2.02. The molecule has 0 aliphatic carbocycles. The van der Waals surface area contributed by atoms with Crippen molar-refractivity contribution in [2.75, 3.05) is 5.73 Å². The molecule has 6 heteroatoms. The van der Waals surface area contributed by atoms with Crippen molar-refractivity contribution >= 4 is 28.5 Å². The third-order valence-corrected chi connectivity index (χ3v) is 3.96. The maximum Gasteiger partial charge on any atom is 0.188 e. The number of thioether (sulfide) groups is 1. The summed E-state index contributed by atoms with van der Waals surface area (Å²) in [6.07, 6.45) is 1.78. The van der Waals surface area contributed by atoms with Crippen LogP contribution in [0.3, 0.4) is 0 Å². The first-order valence-corrected chi connectivity index (χ1v) is 7.25. The average molecular weight is 285 g/mol. The molecule has 5 nitrogen and oxygen atoms in total. The number of anilines is 1. The lowest BCUT2D eigenvalue weighted by atomic mass is 10.3. The van der Waals surface area contributed by atoms with Gasteiger partial charge in [0, 0.05) is 24.6 Å². The smallest absolute Gasteiger partial charge is 0.188 e. The zero-order chi connectivity index (χ0) is 14.1. The summed E-state index contributed by atoms with van der Waals surface area (Å²) in [6, 6.07) is 7.67. The number of imidazole rings is 1. The van der Waals surface area contributed by atoms with E-state index in [9.17, 15) is 0 Å². The van der Waals surface area contributed by atoms with Crippen LogP contribution in [-0.2, 0) is 12.8 Å². The molecule has 0 amide bonds. The van der Waals surface area contributed by atoms with Crippen molar-refractivity contribution in [2.24, 2.45) is 7.05 Å². The molecule has 102 valence electrons. The van der Waals surface area contributed by atoms with Gasteiger partial charge in [-0.3, -0.25) is 0 Å². The second kappa shape index (κ2) is 5.13. The summed E-state index contributed by atoms with van der Waals surface area (Å²) in [5.41, 5.74) is 9.50. The highest BCUT2D eigenvalue weighted by Gasteiger charge is 2.09. The molecular weight excluding hydrogens is 270 g/mol. The minimum absolute atomic E-state index is 0.731. The van der Waals surface area contributed by atoms with E-state index in [-0.39, 0.29) is 0 Å². The SMILES string of the molecule is Cc1ccnc(SCc2nc3cc(N)ccc3n2C)n1. The van der Waals surface area contributed by atoms with E-state index in [0.29, 0.717) is 0 Å². The van der Waals surface area contributed by atoms with Crippen molar-refractivity contribution in [3.63, 3.8) is 0 Å². The molecular formula is C14H15N5S. The third-order valence-electron chi connectivity index (χ3n) is 3.10. The molecule has 1 aromatic carbocycles. The summed E-state index contributed by atoms with van der Waals surface area (Å²) in [5.74, 6) is 1.72. The molecule has 2 aromatic heterocycles. The summed E-state index contributed by atoms with van der Waals surface area (Å²) in [6.45, 7) is 1.96. The zero-order valence-corrected chi connectivity index (χ0v) is 12.2. The van der Waals surface area contributed by atoms with E-state index in [2.05, 4.69) is 19.5 Å². The number of hydrogen-bond donors (Lipinski definition) is 1. The Hall–Kier alpha value is -2.08. The lowest BCUT2D eigenvalue weighted by Gasteiger charge is -2.02. The van der Waals surface area contributed by atoms with Crippen molar-refractivity contribution < 1.29 is 0 Å². The van der Waals surface area contributed by atoms with E-state index in [1.807, 2.05) is 38.2 Å². The monoisotopic (exact) mass is 285 g/mol. The van der Waals surface area contributed by atoms with Crippen LogP contribution in [0.15, 0.2) is 35.6 Å². The van der Waals surface area contributed by atoms with Crippen LogP contribution in [0.4, 0.5) is 5.69 Å². The van der Waals surface area contributed by atoms with Crippen LogP contribution in [0, 0.1) is 6.92 Å². The number of hydrogen-bond acceptors (Lipinski definition) is 5. The van der Waals surface area contributed by atoms with Crippen molar-refractivity contribution in [3.05, 3.63) is 42.0 Å². The quantitative estimate of drug-likeness (QED) is 0.455. The first-order chi connectivity index (χ1) is 9.63. The van der Waals surface area contributed by atoms with Crippen molar-refractivity contribution in [1.29, 1.82) is 0 Å². The van der Waals surface area contributed by atoms with Gasteiger partial charge in [-0.2, -0.15) is 0 Å². The second-order valence-electron chi connectivity index (χ2n) is 4.60. The predicted molar refractivity (Wildman–Crippen MR) is 81.5 cm³/mol. The van der Waals surface area contributed by atoms with Gasteiger partial charge in [0.25, 0.3) is 0 Å². The number of rotatable bonds is 3. The summed E-state index contributed by atoms with van der Waals surface area (Å²) in [5, 5.41) is 0.775. The van der Waals surface area contributed by atoms with Crippen molar-refractivity contribution in [2.45, 2.75) is 17.8 Å². The summed E-state index contributed by atoms with van der Waals surface area (Å²) in [4.78, 5) is 13.2. The van der Waals surface area contributed by atoms with Gasteiger partial charge in [-0.05, 0) is 31.2 Å². The summed E-state index contributed by atoms with van der Waals surface area (Å²) in [7, 11) is 2.01. The van der Waals surface area contributed by atoms with Crippen LogP contribution < -0.4 is 5.73 Å². The van der Waals surface area contributed by atoms with E-state index in [4.69, 9.17) is 5.73 Å². The number of nitrogen functional groups attached to an aromatic ring is 1. The number of benzene rings is 1. The fourth-order valence-corrected chi connectivity index (χ4v) is 2.88. The highest BCUT2D eigenvalue weighted by Crippen LogP contribution is 2.23. The Morgan fingerprint density at radius 1 is 1.25 bits per heavy atom. The van der Waals surface area contributed by atoms with E-state index in [1.165, 1.54) is 0 Å². The normalized spacial score (nSPS) is 11.1. The van der Waals surface area contributed by atoms with Gasteiger partial charge < -0.3 is 10.3 Å². The topological polar surface area (TPSA) is 69.6 Å². The molecule has 20 heavy (non-hydrogen) atoms. The highest BCUT2D eigenvalue weighted by atomic mass is 32.2. The minimum Gasteiger partial charge on any atom is -0.399 e. The first kappa shape index (κ1) is 12.9. The van der Waals surface area contributed by atoms with Crippen LogP contribution in [0.5, 0.6) is 0 Å². The van der Waals surface area contributed by atoms with E-state index in [1.54, 1.807) is 18.0 Å². The fraction of sp³-hybridized carbons (Fsp3) is 0.214. The molecule has 3 aromatic rings. The predicted octanol–water partition coefficient (Wildman–Crippen LogP) is 2.55. The number of aryl methyl sites for hydroxylation is 2. The number of nitrogens with zero attached hydrogens (tertiary/aromatic N) is 4. The lowest BCUT2D eigenvalue weighted by molar-refractivity contribution is 0.870. The molecule has 2 N–H and O–H groups in total. The standard InChI is InChI=1S/C14H15N5S/c1-9-5-6-16-14(17-9)20-8-13-18-11-7-10(15)3-4-12(11)19(13)2/h3-7H,8,15H2,1-2H3. The molecule has 0 aliphatic heterocycles. The molecule has 0 unspecified atom stereocenters. The van der Waals surface area contributed by atoms with Gasteiger partial charge in [-0.1, -0.05) is 11.8 Å². The summed E-state index contributed by atoms with van der Waals surface area (Å²) < 4.78 is 2.08. The Kier molecular flexibility index (Phi) is 3.31. The van der Waals surface area contributed by atoms with E-state index in [0.717, 1.165) is 39.1 Å². The van der Waals surface area contributed by atoms with Gasteiger partial charge in [0.15, 0.2) is 5.16 Å². The Morgan fingerprint density at radius 3 is 2.90 bits per heavy atom. The largest absolute Gasteiger partial charge is 0.399 e. The molecule has 0 aliphatic rings. The van der Waals surface area contributed by atoms with Gasteiger partial charge in [-0.25, -0.2) is 15.0 Å². The molecule has 0 saturated heterocycles. The average Bonchev–Trinajstić information content (AvgIpc) is 2.72. The van der Waals surface area contributed by atoms with Gasteiger partial charge in [0.05, 0.1) is 16.8 Å². The number of fused-ring (bicyclic) bond motifs is 1. The number of nitrogens with two attached hydrogens (primary N) is 1. The van der Waals surface area contributed by atoms with E-state index < -0.39 is 0 Å². The molecule has 3 rings (SSSR count). The van der Waals surface area contributed by atoms with Crippen molar-refractivity contribution in [1.82, 2.24) is 19.5 Å². The Bertz CT molecular complexity index is 765. The van der Waals surface area contributed by atoms with Gasteiger partial charge >= 0.3 is 0 Å². The van der Waals surface area contributed by atoms with Crippen LogP contribution in [-0.4, -0.2) is 19.5 Å². The first-order valence-electron chi connectivity index (χ1n) is 6.27. The summed E-state index contributed by atoms with van der Waals surface area (Å²) >= 11 is 1.58. The zero-order valence-electron chi connectivity index (χ0n) is 11.4. The van der Waals surface area contributed by atoms with Crippen LogP contribution in [0.1, 0.15) is 11.5 Å². The van der Waals surface area contributed by atoms with Gasteiger partial charge in [0.1, 0.15) is 5.82 Å². The lowest BCUT2D eigenvalue weighted by Crippen LogP contribution is -1.97. The van der Waals surface area contributed by atoms with Gasteiger partial charge in [-0.15, -0.1) is 0 Å². The highest BCUT2D eigenvalue weighted by molar-refractivity contribution is 7.98. The molecule has 0 fully saturated rings. The molecule has 2 heterocycles. The van der Waals surface area contributed by atoms with Crippen LogP contribution in [0.2, 0.25) is 0 Å². The Balaban J connectivity index is 1.86. The molecule has 0 radical (unpaired) electrons. The maximum absolute atomic E-state index is 5.79. The number of aromatic nitrogens is 4. The molecule has 0 bridgehead atoms. The maximum atomic E-state index is 5.79.